The van der Waals surface area contributed by atoms with E-state index in [0.29, 0.717) is 30.4 Å². The number of anilines is 1. The minimum atomic E-state index is -0.165. The summed E-state index contributed by atoms with van der Waals surface area (Å²) in [4.78, 5) is 20.3. The number of aromatic nitrogens is 4. The van der Waals surface area contributed by atoms with Gasteiger partial charge in [0.2, 0.25) is 0 Å². The topological polar surface area (TPSA) is 84.3 Å². The standard InChI is InChI=1S/C15H17N5O2/c1-3-22-12-6-4-11(5-7-12)16-9-13-18-15-17-10(2)8-14(21)20(15)19-13/h4-8,16H,3,9H2,1-2H3,(H,17,18,19). The maximum absolute atomic E-state index is 11.8. The van der Waals surface area contributed by atoms with Crippen LogP contribution >= 0.6 is 0 Å². The van der Waals surface area contributed by atoms with Crippen molar-refractivity contribution in [2.45, 2.75) is 20.4 Å². The minimum Gasteiger partial charge on any atom is -0.494 e. The zero-order valence-corrected chi connectivity index (χ0v) is 12.5. The fourth-order valence-electron chi connectivity index (χ4n) is 2.14. The van der Waals surface area contributed by atoms with Gasteiger partial charge in [-0.15, -0.1) is 0 Å². The summed E-state index contributed by atoms with van der Waals surface area (Å²) >= 11 is 0. The Morgan fingerprint density at radius 2 is 2.05 bits per heavy atom. The SMILES string of the molecule is CCOc1ccc(NCc2nc3nc(C)cc(=O)n3[nH]2)cc1. The number of hydrogen-bond donors (Lipinski definition) is 2. The summed E-state index contributed by atoms with van der Waals surface area (Å²) in [5.74, 6) is 1.86. The molecule has 0 radical (unpaired) electrons. The van der Waals surface area contributed by atoms with Gasteiger partial charge in [-0.1, -0.05) is 0 Å². The summed E-state index contributed by atoms with van der Waals surface area (Å²) in [7, 11) is 0. The summed E-state index contributed by atoms with van der Waals surface area (Å²) in [6.07, 6.45) is 0. The molecule has 114 valence electrons. The summed E-state index contributed by atoms with van der Waals surface area (Å²) in [5.41, 5.74) is 1.44. The highest BCUT2D eigenvalue weighted by Crippen LogP contribution is 2.16. The van der Waals surface area contributed by atoms with Gasteiger partial charge in [0, 0.05) is 17.4 Å². The maximum atomic E-state index is 11.8. The van der Waals surface area contributed by atoms with Crippen LogP contribution in [0, 0.1) is 6.92 Å². The molecule has 0 bridgehead atoms. The Hall–Kier alpha value is -2.83. The van der Waals surface area contributed by atoms with Crippen LogP contribution in [0.15, 0.2) is 35.1 Å². The molecule has 0 fully saturated rings. The third-order valence-corrected chi connectivity index (χ3v) is 3.13. The lowest BCUT2D eigenvalue weighted by Gasteiger charge is -2.06. The molecule has 2 N–H and O–H groups in total. The van der Waals surface area contributed by atoms with E-state index in [9.17, 15) is 4.79 Å². The van der Waals surface area contributed by atoms with Crippen molar-refractivity contribution in [3.8, 4) is 5.75 Å². The van der Waals surface area contributed by atoms with Crippen molar-refractivity contribution in [3.63, 3.8) is 0 Å². The Kier molecular flexibility index (Phi) is 3.78. The molecule has 0 aliphatic rings. The fraction of sp³-hybridized carbons (Fsp3) is 0.267. The minimum absolute atomic E-state index is 0.165. The van der Waals surface area contributed by atoms with Crippen molar-refractivity contribution >= 4 is 11.5 Å². The number of benzene rings is 1. The van der Waals surface area contributed by atoms with E-state index in [1.165, 1.54) is 10.6 Å². The molecule has 0 spiro atoms. The smallest absolute Gasteiger partial charge is 0.274 e. The second kappa shape index (κ2) is 5.88. The van der Waals surface area contributed by atoms with Crippen LogP contribution in [0.4, 0.5) is 5.69 Å². The molecule has 0 unspecified atom stereocenters. The Balaban J connectivity index is 1.73. The molecule has 3 rings (SSSR count). The van der Waals surface area contributed by atoms with Crippen molar-refractivity contribution in [1.29, 1.82) is 0 Å². The van der Waals surface area contributed by atoms with Crippen LogP contribution in [-0.2, 0) is 6.54 Å². The van der Waals surface area contributed by atoms with E-state index in [-0.39, 0.29) is 5.56 Å². The second-order valence-electron chi connectivity index (χ2n) is 4.85. The van der Waals surface area contributed by atoms with Crippen LogP contribution in [-0.4, -0.2) is 26.2 Å². The third kappa shape index (κ3) is 2.93. The summed E-state index contributed by atoms with van der Waals surface area (Å²) in [6, 6.07) is 9.14. The molecule has 0 aliphatic carbocycles. The molecule has 0 atom stereocenters. The van der Waals surface area contributed by atoms with Gasteiger partial charge in [0.25, 0.3) is 11.3 Å². The molecular formula is C15H17N5O2. The average Bonchev–Trinajstić information content (AvgIpc) is 2.90. The summed E-state index contributed by atoms with van der Waals surface area (Å²) in [5, 5.41) is 6.17. The van der Waals surface area contributed by atoms with Gasteiger partial charge < -0.3 is 10.1 Å². The molecule has 0 amide bonds. The number of hydrogen-bond acceptors (Lipinski definition) is 5. The van der Waals surface area contributed by atoms with Crippen LogP contribution < -0.4 is 15.6 Å². The molecule has 1 aromatic carbocycles. The van der Waals surface area contributed by atoms with Gasteiger partial charge in [-0.05, 0) is 38.1 Å². The van der Waals surface area contributed by atoms with Gasteiger partial charge in [-0.25, -0.2) is 4.98 Å². The molecule has 7 heteroatoms. The Labute approximate surface area is 127 Å². The lowest BCUT2D eigenvalue weighted by atomic mass is 10.3. The van der Waals surface area contributed by atoms with Gasteiger partial charge in [-0.3, -0.25) is 9.89 Å². The first kappa shape index (κ1) is 14.1. The zero-order chi connectivity index (χ0) is 15.5. The van der Waals surface area contributed by atoms with Gasteiger partial charge in [-0.2, -0.15) is 9.50 Å². The number of rotatable bonds is 5. The molecule has 22 heavy (non-hydrogen) atoms. The van der Waals surface area contributed by atoms with Crippen LogP contribution in [0.1, 0.15) is 18.4 Å². The number of ether oxygens (including phenoxy) is 1. The van der Waals surface area contributed by atoms with Gasteiger partial charge in [0.05, 0.1) is 13.2 Å². The number of aromatic amines is 1. The first-order valence-corrected chi connectivity index (χ1v) is 7.08. The first-order chi connectivity index (χ1) is 10.7. The van der Waals surface area contributed by atoms with E-state index in [2.05, 4.69) is 20.4 Å². The average molecular weight is 299 g/mol. The molecule has 0 saturated heterocycles. The Morgan fingerprint density at radius 1 is 1.27 bits per heavy atom. The van der Waals surface area contributed by atoms with Crippen molar-refractivity contribution in [2.24, 2.45) is 0 Å². The van der Waals surface area contributed by atoms with E-state index in [4.69, 9.17) is 4.74 Å². The van der Waals surface area contributed by atoms with Crippen LogP contribution in [0.2, 0.25) is 0 Å². The highest BCUT2D eigenvalue weighted by molar-refractivity contribution is 5.46. The van der Waals surface area contributed by atoms with E-state index in [1.807, 2.05) is 31.2 Å². The number of nitrogens with zero attached hydrogens (tertiary/aromatic N) is 3. The van der Waals surface area contributed by atoms with Gasteiger partial charge >= 0.3 is 0 Å². The second-order valence-corrected chi connectivity index (χ2v) is 4.85. The highest BCUT2D eigenvalue weighted by Gasteiger charge is 2.06. The first-order valence-electron chi connectivity index (χ1n) is 7.08. The number of H-pyrrole nitrogens is 1. The number of nitrogens with one attached hydrogen (secondary N) is 2. The summed E-state index contributed by atoms with van der Waals surface area (Å²) < 4.78 is 6.73. The van der Waals surface area contributed by atoms with Crippen molar-refractivity contribution in [1.82, 2.24) is 19.6 Å². The molecule has 0 aliphatic heterocycles. The van der Waals surface area contributed by atoms with Crippen molar-refractivity contribution in [3.05, 3.63) is 52.2 Å². The number of fused-ring (bicyclic) bond motifs is 1. The predicted molar refractivity (Wildman–Crippen MR) is 83.3 cm³/mol. The Bertz CT molecular complexity index is 835. The third-order valence-electron chi connectivity index (χ3n) is 3.13. The fourth-order valence-corrected chi connectivity index (χ4v) is 2.14. The molecule has 3 aromatic rings. The lowest BCUT2D eigenvalue weighted by molar-refractivity contribution is 0.340. The van der Waals surface area contributed by atoms with E-state index < -0.39 is 0 Å². The van der Waals surface area contributed by atoms with E-state index in [0.717, 1.165) is 11.4 Å². The van der Waals surface area contributed by atoms with Gasteiger partial charge in [0.15, 0.2) is 0 Å². The summed E-state index contributed by atoms with van der Waals surface area (Å²) in [6.45, 7) is 4.84. The van der Waals surface area contributed by atoms with Gasteiger partial charge in [0.1, 0.15) is 11.6 Å². The highest BCUT2D eigenvalue weighted by atomic mass is 16.5. The van der Waals surface area contributed by atoms with E-state index in [1.54, 1.807) is 6.92 Å². The van der Waals surface area contributed by atoms with Crippen molar-refractivity contribution < 1.29 is 4.74 Å². The molecule has 7 nitrogen and oxygen atoms in total. The normalized spacial score (nSPS) is 10.8. The quantitative estimate of drug-likeness (QED) is 0.749. The molecular weight excluding hydrogens is 282 g/mol. The van der Waals surface area contributed by atoms with Crippen LogP contribution in [0.25, 0.3) is 5.78 Å². The van der Waals surface area contributed by atoms with Crippen LogP contribution in [0.5, 0.6) is 5.75 Å². The van der Waals surface area contributed by atoms with E-state index >= 15 is 0 Å². The Morgan fingerprint density at radius 3 is 2.77 bits per heavy atom. The zero-order valence-electron chi connectivity index (χ0n) is 12.5. The molecule has 2 heterocycles. The predicted octanol–water partition coefficient (Wildman–Crippen LogP) is 1.74. The lowest BCUT2D eigenvalue weighted by Crippen LogP contribution is -2.14. The van der Waals surface area contributed by atoms with Crippen LogP contribution in [0.3, 0.4) is 0 Å². The molecule has 0 saturated carbocycles. The largest absolute Gasteiger partial charge is 0.494 e. The number of aryl methyl sites for hydroxylation is 1. The molecule has 2 aromatic heterocycles. The van der Waals surface area contributed by atoms with Crippen molar-refractivity contribution in [2.75, 3.05) is 11.9 Å². The monoisotopic (exact) mass is 299 g/mol. The maximum Gasteiger partial charge on any atom is 0.274 e.